The minimum Gasteiger partial charge on any atom is -0.394 e. The molecule has 0 spiro atoms. The van der Waals surface area contributed by atoms with Gasteiger partial charge in [-0.15, -0.1) is 0 Å². The van der Waals surface area contributed by atoms with Crippen molar-refractivity contribution in [1.82, 2.24) is 0 Å². The van der Waals surface area contributed by atoms with Crippen LogP contribution in [0.3, 0.4) is 0 Å². The fourth-order valence-electron chi connectivity index (χ4n) is 1.75. The van der Waals surface area contributed by atoms with Crippen molar-refractivity contribution in [2.45, 2.75) is 42.4 Å². The zero-order chi connectivity index (χ0) is 14.1. The molecule has 1 fully saturated rings. The molecule has 1 unspecified atom stereocenters. The molecule has 8 N–H and O–H groups in total. The van der Waals surface area contributed by atoms with Gasteiger partial charge >= 0.3 is 0 Å². The van der Waals surface area contributed by atoms with Crippen molar-refractivity contribution in [2.75, 3.05) is 13.2 Å². The third kappa shape index (κ3) is 2.64. The van der Waals surface area contributed by atoms with Crippen molar-refractivity contribution in [1.29, 1.82) is 0 Å². The number of hydrogen-bond acceptors (Lipinski definition) is 9. The van der Waals surface area contributed by atoms with Gasteiger partial charge in [-0.1, -0.05) is 0 Å². The third-order valence-corrected chi connectivity index (χ3v) is 2.96. The van der Waals surface area contributed by atoms with E-state index in [2.05, 4.69) is 0 Å². The average molecular weight is 270 g/mol. The van der Waals surface area contributed by atoms with Crippen molar-refractivity contribution < 1.29 is 45.6 Å². The molecule has 1 saturated heterocycles. The lowest BCUT2D eigenvalue weighted by Crippen LogP contribution is -2.69. The minimum absolute atomic E-state index is 0.843. The van der Waals surface area contributed by atoms with Gasteiger partial charge in [-0.2, -0.15) is 0 Å². The first-order chi connectivity index (χ1) is 8.28. The van der Waals surface area contributed by atoms with Crippen LogP contribution in [0.5, 0.6) is 0 Å². The number of aliphatic hydroxyl groups is 8. The average Bonchev–Trinajstić information content (AvgIpc) is 2.38. The molecule has 7 atom stereocenters. The summed E-state index contributed by atoms with van der Waals surface area (Å²) in [7, 11) is 0. The van der Waals surface area contributed by atoms with Crippen molar-refractivity contribution in [3.05, 3.63) is 0 Å². The number of rotatable bonds is 4. The predicted octanol–water partition coefficient (Wildman–Crippen LogP) is -5.14. The molecule has 0 bridgehead atoms. The van der Waals surface area contributed by atoms with E-state index in [9.17, 15) is 30.6 Å². The van der Waals surface area contributed by atoms with Gasteiger partial charge in [-0.3, -0.25) is 0 Å². The summed E-state index contributed by atoms with van der Waals surface area (Å²) in [5.41, 5.74) is 0. The van der Waals surface area contributed by atoms with Crippen LogP contribution < -0.4 is 0 Å². The molecule has 0 aliphatic carbocycles. The molecule has 9 heteroatoms. The van der Waals surface area contributed by atoms with Crippen LogP contribution in [-0.4, -0.2) is 96.5 Å². The molecule has 9 nitrogen and oxygen atoms in total. The predicted molar refractivity (Wildman–Crippen MR) is 54.0 cm³/mol. The molecule has 0 aromatic rings. The summed E-state index contributed by atoms with van der Waals surface area (Å²) >= 11 is 0. The van der Waals surface area contributed by atoms with E-state index in [1.807, 2.05) is 0 Å². The van der Waals surface area contributed by atoms with E-state index in [4.69, 9.17) is 14.9 Å². The minimum atomic E-state index is -2.58. The fourth-order valence-corrected chi connectivity index (χ4v) is 1.75. The Bertz CT molecular complexity index is 271. The van der Waals surface area contributed by atoms with Gasteiger partial charge in [0.1, 0.15) is 36.6 Å². The zero-order valence-electron chi connectivity index (χ0n) is 9.36. The zero-order valence-corrected chi connectivity index (χ0v) is 9.36. The van der Waals surface area contributed by atoms with Crippen LogP contribution in [0, 0.1) is 0 Å². The molecule has 1 rings (SSSR count). The van der Waals surface area contributed by atoms with E-state index >= 15 is 0 Å². The second-order valence-corrected chi connectivity index (χ2v) is 4.25. The van der Waals surface area contributed by atoms with E-state index in [-0.39, 0.29) is 0 Å². The van der Waals surface area contributed by atoms with E-state index in [0.717, 1.165) is 0 Å². The van der Waals surface area contributed by atoms with E-state index < -0.39 is 55.6 Å². The van der Waals surface area contributed by atoms with Crippen molar-refractivity contribution in [3.63, 3.8) is 0 Å². The Hall–Kier alpha value is -0.360. The van der Waals surface area contributed by atoms with Crippen LogP contribution in [0.25, 0.3) is 0 Å². The summed E-state index contributed by atoms with van der Waals surface area (Å²) in [5.74, 6) is -2.58. The number of aliphatic hydroxyl groups excluding tert-OH is 7. The molecule has 0 saturated carbocycles. The number of hydrogen-bond donors (Lipinski definition) is 8. The van der Waals surface area contributed by atoms with Gasteiger partial charge in [0.25, 0.3) is 0 Å². The second-order valence-electron chi connectivity index (χ2n) is 4.25. The number of ether oxygens (including phenoxy) is 1. The topological polar surface area (TPSA) is 171 Å². The Morgan fingerprint density at radius 1 is 1.06 bits per heavy atom. The molecule has 1 heterocycles. The molecular formula is C9H18O9. The SMILES string of the molecule is OC[C@@H](O)[C@@H](O)[C@H]1OC(O)(CO)[C@H](O)[C@@H](O)[C@H]1O. The maximum atomic E-state index is 9.66. The Kier molecular flexibility index (Phi) is 5.00. The first-order valence-electron chi connectivity index (χ1n) is 5.30. The van der Waals surface area contributed by atoms with Crippen molar-refractivity contribution in [2.24, 2.45) is 0 Å². The summed E-state index contributed by atoms with van der Waals surface area (Å²) in [4.78, 5) is 0. The summed E-state index contributed by atoms with van der Waals surface area (Å²) in [6.45, 7) is -1.94. The van der Waals surface area contributed by atoms with Gasteiger partial charge < -0.3 is 45.6 Å². The lowest BCUT2D eigenvalue weighted by molar-refractivity contribution is -0.368. The Morgan fingerprint density at radius 2 is 1.61 bits per heavy atom. The highest BCUT2D eigenvalue weighted by atomic mass is 16.7. The van der Waals surface area contributed by atoms with Gasteiger partial charge in [0, 0.05) is 0 Å². The summed E-state index contributed by atoms with van der Waals surface area (Å²) in [5, 5.41) is 74.5. The van der Waals surface area contributed by atoms with Gasteiger partial charge in [-0.25, -0.2) is 0 Å². The van der Waals surface area contributed by atoms with Crippen LogP contribution in [0.2, 0.25) is 0 Å². The standard InChI is InChI=1S/C9H18O9/c10-1-3(12)4(13)7-5(14)6(15)8(16)9(17,2-11)18-7/h3-8,10-17H,1-2H2/t3-,4-,5-,6+,7-,8-,9?/m1/s1. The van der Waals surface area contributed by atoms with Crippen LogP contribution in [-0.2, 0) is 4.74 Å². The van der Waals surface area contributed by atoms with Crippen molar-refractivity contribution >= 4 is 0 Å². The molecule has 0 aromatic carbocycles. The summed E-state index contributed by atoms with van der Waals surface area (Å²) < 4.78 is 4.73. The molecule has 108 valence electrons. The van der Waals surface area contributed by atoms with Gasteiger partial charge in [0.05, 0.1) is 13.2 Å². The maximum Gasteiger partial charge on any atom is 0.219 e. The highest BCUT2D eigenvalue weighted by molar-refractivity contribution is 4.99. The van der Waals surface area contributed by atoms with Gasteiger partial charge in [0.2, 0.25) is 5.79 Å². The lowest BCUT2D eigenvalue weighted by Gasteiger charge is -2.46. The third-order valence-electron chi connectivity index (χ3n) is 2.96. The van der Waals surface area contributed by atoms with E-state index in [1.54, 1.807) is 0 Å². The van der Waals surface area contributed by atoms with Crippen LogP contribution >= 0.6 is 0 Å². The van der Waals surface area contributed by atoms with Crippen LogP contribution in [0.1, 0.15) is 0 Å². The molecule has 1 aliphatic heterocycles. The highest BCUT2D eigenvalue weighted by Gasteiger charge is 2.54. The molecule has 18 heavy (non-hydrogen) atoms. The monoisotopic (exact) mass is 270 g/mol. The maximum absolute atomic E-state index is 9.66. The first-order valence-corrected chi connectivity index (χ1v) is 5.30. The van der Waals surface area contributed by atoms with Crippen LogP contribution in [0.4, 0.5) is 0 Å². The van der Waals surface area contributed by atoms with Crippen molar-refractivity contribution in [3.8, 4) is 0 Å². The second kappa shape index (κ2) is 5.74. The Labute approximate surface area is 102 Å². The molecule has 0 amide bonds. The molecule has 0 radical (unpaired) electrons. The van der Waals surface area contributed by atoms with Crippen LogP contribution in [0.15, 0.2) is 0 Å². The van der Waals surface area contributed by atoms with E-state index in [1.165, 1.54) is 0 Å². The van der Waals surface area contributed by atoms with Gasteiger partial charge in [0.15, 0.2) is 0 Å². The largest absolute Gasteiger partial charge is 0.394 e. The quantitative estimate of drug-likeness (QED) is 0.249. The molecule has 1 aliphatic rings. The first kappa shape index (κ1) is 15.7. The molecule has 0 aromatic heterocycles. The Balaban J connectivity index is 2.92. The normalized spacial score (nSPS) is 44.7. The smallest absolute Gasteiger partial charge is 0.219 e. The summed E-state index contributed by atoms with van der Waals surface area (Å²) in [6, 6.07) is 0. The molecular weight excluding hydrogens is 252 g/mol. The fraction of sp³-hybridized carbons (Fsp3) is 1.00. The van der Waals surface area contributed by atoms with E-state index in [0.29, 0.717) is 0 Å². The lowest BCUT2D eigenvalue weighted by atomic mass is 9.89. The van der Waals surface area contributed by atoms with Gasteiger partial charge in [-0.05, 0) is 0 Å². The summed E-state index contributed by atoms with van der Waals surface area (Å²) in [6.07, 6.45) is -10.9. The Morgan fingerprint density at radius 3 is 2.06 bits per heavy atom. The highest BCUT2D eigenvalue weighted by Crippen LogP contribution is 2.30.